The number of fused-ring (bicyclic) bond motifs is 3. The molecule has 27 heavy (non-hydrogen) atoms. The standard InChI is InChI=1S/C21H24N4OS/c1-14-5-10-17-18(13-14)27-21-23-19(20(25(17)21)22-11-12-26-4)15-6-8-16(9-7-15)24(2)3/h5-10,13,22H,11-12H2,1-4H3. The molecule has 0 radical (unpaired) electrons. The monoisotopic (exact) mass is 380 g/mol. The van der Waals surface area contributed by atoms with Gasteiger partial charge in [0.2, 0.25) is 0 Å². The van der Waals surface area contributed by atoms with E-state index >= 15 is 0 Å². The predicted molar refractivity (Wildman–Crippen MR) is 115 cm³/mol. The zero-order valence-electron chi connectivity index (χ0n) is 16.1. The highest BCUT2D eigenvalue weighted by Gasteiger charge is 2.18. The van der Waals surface area contributed by atoms with Gasteiger partial charge in [-0.25, -0.2) is 4.98 Å². The lowest BCUT2D eigenvalue weighted by atomic mass is 10.1. The van der Waals surface area contributed by atoms with Crippen LogP contribution in [-0.2, 0) is 4.74 Å². The van der Waals surface area contributed by atoms with Crippen molar-refractivity contribution in [2.45, 2.75) is 6.92 Å². The van der Waals surface area contributed by atoms with Crippen LogP contribution in [0.4, 0.5) is 11.5 Å². The smallest absolute Gasteiger partial charge is 0.197 e. The number of anilines is 2. The number of nitrogens with zero attached hydrogens (tertiary/aromatic N) is 3. The summed E-state index contributed by atoms with van der Waals surface area (Å²) in [5, 5.41) is 3.54. The van der Waals surface area contributed by atoms with Crippen LogP contribution in [-0.4, -0.2) is 43.7 Å². The summed E-state index contributed by atoms with van der Waals surface area (Å²) in [4.78, 5) is 8.07. The van der Waals surface area contributed by atoms with Gasteiger partial charge in [-0.15, -0.1) is 0 Å². The van der Waals surface area contributed by atoms with Gasteiger partial charge >= 0.3 is 0 Å². The minimum Gasteiger partial charge on any atom is -0.383 e. The van der Waals surface area contributed by atoms with Crippen molar-refractivity contribution in [2.75, 3.05) is 44.6 Å². The summed E-state index contributed by atoms with van der Waals surface area (Å²) >= 11 is 1.73. The van der Waals surface area contributed by atoms with E-state index in [-0.39, 0.29) is 0 Å². The van der Waals surface area contributed by atoms with Crippen LogP contribution < -0.4 is 10.2 Å². The lowest BCUT2D eigenvalue weighted by Gasteiger charge is -2.13. The van der Waals surface area contributed by atoms with Crippen molar-refractivity contribution in [1.29, 1.82) is 0 Å². The quantitative estimate of drug-likeness (QED) is 0.495. The van der Waals surface area contributed by atoms with Crippen LogP contribution in [0.15, 0.2) is 42.5 Å². The third-order valence-electron chi connectivity index (χ3n) is 4.66. The van der Waals surface area contributed by atoms with Crippen molar-refractivity contribution < 1.29 is 4.74 Å². The van der Waals surface area contributed by atoms with Crippen LogP contribution in [0.3, 0.4) is 0 Å². The van der Waals surface area contributed by atoms with E-state index in [0.717, 1.165) is 28.6 Å². The number of thiazole rings is 1. The predicted octanol–water partition coefficient (Wildman–Crippen LogP) is 4.65. The Labute approximate surface area is 163 Å². The molecule has 1 N–H and O–H groups in total. The second kappa shape index (κ2) is 7.21. The van der Waals surface area contributed by atoms with E-state index in [9.17, 15) is 0 Å². The summed E-state index contributed by atoms with van der Waals surface area (Å²) < 4.78 is 8.71. The number of aryl methyl sites for hydroxylation is 1. The molecule has 2 aromatic heterocycles. The van der Waals surface area contributed by atoms with E-state index in [1.807, 2.05) is 14.1 Å². The minimum absolute atomic E-state index is 0.646. The highest BCUT2D eigenvalue weighted by atomic mass is 32.1. The molecule has 4 rings (SSSR count). The first kappa shape index (κ1) is 17.8. The van der Waals surface area contributed by atoms with E-state index in [1.165, 1.54) is 21.5 Å². The highest BCUT2D eigenvalue weighted by molar-refractivity contribution is 7.23. The lowest BCUT2D eigenvalue weighted by molar-refractivity contribution is 0.210. The minimum atomic E-state index is 0.646. The molecule has 0 aliphatic rings. The fourth-order valence-electron chi connectivity index (χ4n) is 3.23. The van der Waals surface area contributed by atoms with Gasteiger partial charge < -0.3 is 15.0 Å². The molecule has 0 bridgehead atoms. The first-order valence-corrected chi connectivity index (χ1v) is 9.82. The van der Waals surface area contributed by atoms with Gasteiger partial charge in [0.15, 0.2) is 4.96 Å². The van der Waals surface area contributed by atoms with Gasteiger partial charge in [-0.1, -0.05) is 29.5 Å². The van der Waals surface area contributed by atoms with Gasteiger partial charge in [0.1, 0.15) is 11.5 Å². The average molecular weight is 381 g/mol. The normalized spacial score (nSPS) is 11.4. The number of aromatic nitrogens is 2. The van der Waals surface area contributed by atoms with Crippen LogP contribution >= 0.6 is 11.3 Å². The van der Waals surface area contributed by atoms with Gasteiger partial charge in [0.25, 0.3) is 0 Å². The Morgan fingerprint density at radius 2 is 1.93 bits per heavy atom. The number of hydrogen-bond acceptors (Lipinski definition) is 5. The molecule has 0 aliphatic carbocycles. The SMILES string of the molecule is COCCNc1c(-c2ccc(N(C)C)cc2)nc2sc3cc(C)ccc3n12. The number of imidazole rings is 1. The Bertz CT molecular complexity index is 1080. The molecule has 0 atom stereocenters. The van der Waals surface area contributed by atoms with Gasteiger partial charge in [-0.3, -0.25) is 4.40 Å². The maximum Gasteiger partial charge on any atom is 0.197 e. The van der Waals surface area contributed by atoms with E-state index in [1.54, 1.807) is 18.4 Å². The summed E-state index contributed by atoms with van der Waals surface area (Å²) in [6.45, 7) is 3.50. The Morgan fingerprint density at radius 3 is 2.63 bits per heavy atom. The number of nitrogens with one attached hydrogen (secondary N) is 1. The molecule has 0 amide bonds. The van der Waals surface area contributed by atoms with Gasteiger partial charge in [-0.2, -0.15) is 0 Å². The van der Waals surface area contributed by atoms with E-state index in [0.29, 0.717) is 6.61 Å². The fourth-order valence-corrected chi connectivity index (χ4v) is 4.35. The maximum atomic E-state index is 5.23. The molecule has 0 aliphatic heterocycles. The largest absolute Gasteiger partial charge is 0.383 e. The van der Waals surface area contributed by atoms with Crippen molar-refractivity contribution in [3.63, 3.8) is 0 Å². The summed E-state index contributed by atoms with van der Waals surface area (Å²) in [7, 11) is 5.82. The lowest BCUT2D eigenvalue weighted by Crippen LogP contribution is -2.10. The highest BCUT2D eigenvalue weighted by Crippen LogP contribution is 2.36. The summed E-state index contributed by atoms with van der Waals surface area (Å²) in [6, 6.07) is 15.1. The fraction of sp³-hybridized carbons (Fsp3) is 0.286. The molecule has 0 unspecified atom stereocenters. The number of methoxy groups -OCH3 is 1. The molecule has 5 nitrogen and oxygen atoms in total. The molecule has 4 aromatic rings. The number of rotatable bonds is 6. The molecule has 0 saturated carbocycles. The summed E-state index contributed by atoms with van der Waals surface area (Å²) in [5.41, 5.74) is 5.71. The van der Waals surface area contributed by atoms with Gasteiger partial charge in [0, 0.05) is 39.0 Å². The molecule has 0 spiro atoms. The van der Waals surface area contributed by atoms with Crippen LogP contribution in [0, 0.1) is 6.92 Å². The second-order valence-electron chi connectivity index (χ2n) is 6.86. The van der Waals surface area contributed by atoms with Gasteiger partial charge in [0.05, 0.1) is 16.8 Å². The number of ether oxygens (including phenoxy) is 1. The first-order chi connectivity index (χ1) is 13.1. The summed E-state index contributed by atoms with van der Waals surface area (Å²) in [5.74, 6) is 1.02. The molecule has 2 heterocycles. The second-order valence-corrected chi connectivity index (χ2v) is 7.87. The molecule has 6 heteroatoms. The topological polar surface area (TPSA) is 41.8 Å². The average Bonchev–Trinajstić information content (AvgIpc) is 3.18. The zero-order valence-corrected chi connectivity index (χ0v) is 16.9. The first-order valence-electron chi connectivity index (χ1n) is 9.00. The zero-order chi connectivity index (χ0) is 19.0. The Morgan fingerprint density at radius 1 is 1.15 bits per heavy atom. The molecular formula is C21H24N4OS. The Hall–Kier alpha value is -2.57. The molecule has 0 saturated heterocycles. The van der Waals surface area contributed by atoms with Crippen LogP contribution in [0.1, 0.15) is 5.56 Å². The third-order valence-corrected chi connectivity index (χ3v) is 5.66. The van der Waals surface area contributed by atoms with Crippen molar-refractivity contribution in [1.82, 2.24) is 9.38 Å². The van der Waals surface area contributed by atoms with Crippen LogP contribution in [0.25, 0.3) is 26.4 Å². The summed E-state index contributed by atoms with van der Waals surface area (Å²) in [6.07, 6.45) is 0. The van der Waals surface area contributed by atoms with Crippen LogP contribution in [0.2, 0.25) is 0 Å². The van der Waals surface area contributed by atoms with Crippen molar-refractivity contribution in [3.05, 3.63) is 48.0 Å². The number of benzene rings is 2. The molecule has 140 valence electrons. The Kier molecular flexibility index (Phi) is 4.76. The van der Waals surface area contributed by atoms with E-state index < -0.39 is 0 Å². The Balaban J connectivity index is 1.86. The van der Waals surface area contributed by atoms with Crippen molar-refractivity contribution in [3.8, 4) is 11.3 Å². The maximum absolute atomic E-state index is 5.23. The van der Waals surface area contributed by atoms with E-state index in [4.69, 9.17) is 9.72 Å². The third kappa shape index (κ3) is 3.26. The van der Waals surface area contributed by atoms with E-state index in [2.05, 4.69) is 64.0 Å². The van der Waals surface area contributed by atoms with Crippen LogP contribution in [0.5, 0.6) is 0 Å². The number of hydrogen-bond donors (Lipinski definition) is 1. The molecular weight excluding hydrogens is 356 g/mol. The van der Waals surface area contributed by atoms with Gasteiger partial charge in [-0.05, 0) is 36.8 Å². The molecule has 0 fully saturated rings. The molecule has 2 aromatic carbocycles. The van der Waals surface area contributed by atoms with Crippen molar-refractivity contribution >= 4 is 38.0 Å². The van der Waals surface area contributed by atoms with Crippen molar-refractivity contribution in [2.24, 2.45) is 0 Å².